The van der Waals surface area contributed by atoms with Gasteiger partial charge in [-0.15, -0.1) is 0 Å². The van der Waals surface area contributed by atoms with Gasteiger partial charge in [0.2, 0.25) is 5.91 Å². The third kappa shape index (κ3) is 3.14. The molecule has 0 aromatic carbocycles. The summed E-state index contributed by atoms with van der Waals surface area (Å²) in [4.78, 5) is 31.7. The van der Waals surface area contributed by atoms with Crippen LogP contribution in [0.1, 0.15) is 20.3 Å². The molecular weight excluding hydrogens is 162 g/mol. The highest BCUT2D eigenvalue weighted by molar-refractivity contribution is 6.03. The summed E-state index contributed by atoms with van der Waals surface area (Å²) in [5.41, 5.74) is 0. The third-order valence-corrected chi connectivity index (χ3v) is 1.28. The van der Waals surface area contributed by atoms with Crippen LogP contribution in [0.5, 0.6) is 0 Å². The molecule has 0 fully saturated rings. The molecule has 0 saturated carbocycles. The molecule has 0 aromatic heterocycles. The molecule has 1 amide bonds. The van der Waals surface area contributed by atoms with Crippen molar-refractivity contribution in [2.24, 2.45) is 0 Å². The minimum atomic E-state index is -1.41. The van der Waals surface area contributed by atoms with Gasteiger partial charge < -0.3 is 10.4 Å². The van der Waals surface area contributed by atoms with E-state index in [1.54, 1.807) is 6.92 Å². The predicted molar refractivity (Wildman–Crippen MR) is 40.5 cm³/mol. The van der Waals surface area contributed by atoms with Crippen LogP contribution in [0.2, 0.25) is 0 Å². The van der Waals surface area contributed by atoms with Gasteiger partial charge in [-0.25, -0.2) is 4.79 Å². The first-order valence-electron chi connectivity index (χ1n) is 3.51. The second-order valence-corrected chi connectivity index (χ2v) is 2.30. The Kier molecular flexibility index (Phi) is 3.96. The molecule has 0 saturated heterocycles. The molecule has 0 heterocycles. The predicted octanol–water partition coefficient (Wildman–Crippen LogP) is -0.445. The number of rotatable bonds is 4. The highest BCUT2D eigenvalue weighted by Gasteiger charge is 2.23. The Labute approximate surface area is 69.8 Å². The van der Waals surface area contributed by atoms with E-state index in [2.05, 4.69) is 5.32 Å². The summed E-state index contributed by atoms with van der Waals surface area (Å²) in [6, 6.07) is -1.41. The molecule has 0 aliphatic heterocycles. The summed E-state index contributed by atoms with van der Waals surface area (Å²) in [5, 5.41) is 10.5. The fraction of sp³-hybridized carbons (Fsp3) is 0.571. The first kappa shape index (κ1) is 10.6. The van der Waals surface area contributed by atoms with Gasteiger partial charge in [-0.1, -0.05) is 6.92 Å². The fourth-order valence-corrected chi connectivity index (χ4v) is 0.600. The van der Waals surface area contributed by atoms with Gasteiger partial charge in [-0.05, 0) is 6.92 Å². The number of carboxylic acids is 1. The van der Waals surface area contributed by atoms with Crippen molar-refractivity contribution in [2.45, 2.75) is 26.3 Å². The lowest BCUT2D eigenvalue weighted by atomic mass is 10.2. The Morgan fingerprint density at radius 1 is 1.42 bits per heavy atom. The van der Waals surface area contributed by atoms with Gasteiger partial charge >= 0.3 is 5.97 Å². The second kappa shape index (κ2) is 4.48. The quantitative estimate of drug-likeness (QED) is 0.564. The highest BCUT2D eigenvalue weighted by Crippen LogP contribution is 1.88. The summed E-state index contributed by atoms with van der Waals surface area (Å²) >= 11 is 0. The van der Waals surface area contributed by atoms with Crippen molar-refractivity contribution in [1.29, 1.82) is 0 Å². The van der Waals surface area contributed by atoms with Crippen LogP contribution in [0.25, 0.3) is 0 Å². The molecule has 0 aliphatic rings. The van der Waals surface area contributed by atoms with E-state index in [4.69, 9.17) is 5.11 Å². The van der Waals surface area contributed by atoms with E-state index in [0.717, 1.165) is 6.92 Å². The van der Waals surface area contributed by atoms with Gasteiger partial charge in [0, 0.05) is 6.42 Å². The molecule has 0 radical (unpaired) electrons. The second-order valence-electron chi connectivity index (χ2n) is 2.30. The minimum Gasteiger partial charge on any atom is -0.479 e. The maximum Gasteiger partial charge on any atom is 0.334 e. The third-order valence-electron chi connectivity index (χ3n) is 1.28. The summed E-state index contributed by atoms with van der Waals surface area (Å²) < 4.78 is 0. The molecule has 2 N–H and O–H groups in total. The maximum atomic E-state index is 10.7. The number of amides is 1. The molecule has 1 unspecified atom stereocenters. The monoisotopic (exact) mass is 173 g/mol. The van der Waals surface area contributed by atoms with Crippen molar-refractivity contribution in [1.82, 2.24) is 5.32 Å². The van der Waals surface area contributed by atoms with Crippen molar-refractivity contribution in [3.63, 3.8) is 0 Å². The lowest BCUT2D eigenvalue weighted by Gasteiger charge is -2.09. The summed E-state index contributed by atoms with van der Waals surface area (Å²) in [6.45, 7) is 2.70. The SMILES string of the molecule is CCC(=O)NC(C(C)=O)C(=O)O. The molecule has 5 nitrogen and oxygen atoms in total. The van der Waals surface area contributed by atoms with E-state index in [9.17, 15) is 14.4 Å². The van der Waals surface area contributed by atoms with Gasteiger partial charge in [0.25, 0.3) is 0 Å². The molecule has 0 aliphatic carbocycles. The Morgan fingerprint density at radius 2 is 1.92 bits per heavy atom. The molecule has 0 spiro atoms. The first-order valence-corrected chi connectivity index (χ1v) is 3.51. The van der Waals surface area contributed by atoms with Crippen molar-refractivity contribution < 1.29 is 19.5 Å². The van der Waals surface area contributed by atoms with Crippen molar-refractivity contribution in [3.05, 3.63) is 0 Å². The van der Waals surface area contributed by atoms with Gasteiger partial charge in [-0.2, -0.15) is 0 Å². The van der Waals surface area contributed by atoms with Crippen molar-refractivity contribution in [3.8, 4) is 0 Å². The van der Waals surface area contributed by atoms with Crippen LogP contribution < -0.4 is 5.32 Å². The zero-order valence-electron chi connectivity index (χ0n) is 6.96. The van der Waals surface area contributed by atoms with Gasteiger partial charge in [-0.3, -0.25) is 9.59 Å². The fourth-order valence-electron chi connectivity index (χ4n) is 0.600. The van der Waals surface area contributed by atoms with E-state index >= 15 is 0 Å². The summed E-state index contributed by atoms with van der Waals surface area (Å²) in [5.74, 6) is -2.36. The number of hydrogen-bond acceptors (Lipinski definition) is 3. The van der Waals surface area contributed by atoms with E-state index in [0.29, 0.717) is 0 Å². The zero-order valence-corrected chi connectivity index (χ0v) is 6.96. The van der Waals surface area contributed by atoms with Crippen LogP contribution in [0, 0.1) is 0 Å². The van der Waals surface area contributed by atoms with Gasteiger partial charge in [0.15, 0.2) is 11.8 Å². The first-order chi connectivity index (χ1) is 5.49. The number of aliphatic carboxylic acids is 1. The van der Waals surface area contributed by atoms with Crippen LogP contribution in [0.4, 0.5) is 0 Å². The van der Waals surface area contributed by atoms with Crippen LogP contribution in [-0.2, 0) is 14.4 Å². The lowest BCUT2D eigenvalue weighted by molar-refractivity contribution is -0.145. The largest absolute Gasteiger partial charge is 0.479 e. The average Bonchev–Trinajstić information content (AvgIpc) is 1.98. The van der Waals surface area contributed by atoms with Crippen molar-refractivity contribution in [2.75, 3.05) is 0 Å². The number of carbonyl (C=O) groups is 3. The van der Waals surface area contributed by atoms with E-state index in [-0.39, 0.29) is 6.42 Å². The smallest absolute Gasteiger partial charge is 0.334 e. The Balaban J connectivity index is 4.24. The molecule has 5 heteroatoms. The molecule has 68 valence electrons. The Morgan fingerprint density at radius 3 is 2.17 bits per heavy atom. The van der Waals surface area contributed by atoms with E-state index in [1.165, 1.54) is 0 Å². The Hall–Kier alpha value is -1.39. The standard InChI is InChI=1S/C7H11NO4/c1-3-5(10)8-6(4(2)9)7(11)12/h6H,3H2,1-2H3,(H,8,10)(H,11,12). The number of carbonyl (C=O) groups excluding carboxylic acids is 2. The highest BCUT2D eigenvalue weighted by atomic mass is 16.4. The number of carboxylic acid groups (broad SMARTS) is 1. The normalized spacial score (nSPS) is 11.8. The number of hydrogen-bond donors (Lipinski definition) is 2. The molecule has 1 atom stereocenters. The summed E-state index contributed by atoms with van der Waals surface area (Å²) in [6.07, 6.45) is 0.164. The lowest BCUT2D eigenvalue weighted by Crippen LogP contribution is -2.45. The van der Waals surface area contributed by atoms with Crippen LogP contribution >= 0.6 is 0 Å². The Bertz CT molecular complexity index is 197. The van der Waals surface area contributed by atoms with Gasteiger partial charge in [0.1, 0.15) is 0 Å². The number of Topliss-reactive ketones (excluding diaryl/α,β-unsaturated/α-hetero) is 1. The van der Waals surface area contributed by atoms with Crippen LogP contribution in [0.15, 0.2) is 0 Å². The van der Waals surface area contributed by atoms with Crippen molar-refractivity contribution >= 4 is 17.7 Å². The molecular formula is C7H11NO4. The maximum absolute atomic E-state index is 10.7. The zero-order chi connectivity index (χ0) is 9.72. The summed E-state index contributed by atoms with van der Waals surface area (Å²) in [7, 11) is 0. The molecule has 0 aromatic rings. The minimum absolute atomic E-state index is 0.164. The number of nitrogens with one attached hydrogen (secondary N) is 1. The van der Waals surface area contributed by atoms with Crippen LogP contribution in [0.3, 0.4) is 0 Å². The van der Waals surface area contributed by atoms with Crippen LogP contribution in [-0.4, -0.2) is 28.8 Å². The van der Waals surface area contributed by atoms with E-state index < -0.39 is 23.7 Å². The topological polar surface area (TPSA) is 83.5 Å². The average molecular weight is 173 g/mol. The molecule has 0 bridgehead atoms. The molecule has 0 rings (SSSR count). The molecule has 12 heavy (non-hydrogen) atoms. The van der Waals surface area contributed by atoms with Gasteiger partial charge in [0.05, 0.1) is 0 Å². The number of ketones is 1. The van der Waals surface area contributed by atoms with E-state index in [1.807, 2.05) is 0 Å².